The van der Waals surface area contributed by atoms with Gasteiger partial charge in [-0.2, -0.15) is 0 Å². The van der Waals surface area contributed by atoms with E-state index in [4.69, 9.17) is 15.1 Å². The van der Waals surface area contributed by atoms with Crippen LogP contribution in [-0.2, 0) is 4.74 Å². The number of nitrogens with zero attached hydrogens (tertiary/aromatic N) is 1. The van der Waals surface area contributed by atoms with Gasteiger partial charge >= 0.3 is 0 Å². The summed E-state index contributed by atoms with van der Waals surface area (Å²) in [6, 6.07) is 0. The van der Waals surface area contributed by atoms with Crippen molar-refractivity contribution < 1.29 is 25.3 Å². The Bertz CT molecular complexity index is 173. The molecule has 0 aromatic rings. The molecule has 0 unspecified atom stereocenters. The predicted octanol–water partition coefficient (Wildman–Crippen LogP) is -2.07. The van der Waals surface area contributed by atoms with Crippen LogP contribution in [0.4, 0.5) is 0 Å². The van der Waals surface area contributed by atoms with E-state index in [2.05, 4.69) is 5.16 Å². The van der Waals surface area contributed by atoms with Gasteiger partial charge in [0.05, 0.1) is 12.8 Å². The van der Waals surface area contributed by atoms with E-state index in [1.807, 2.05) is 0 Å². The lowest BCUT2D eigenvalue weighted by molar-refractivity contribution is -0.00975. The van der Waals surface area contributed by atoms with Crippen molar-refractivity contribution in [2.45, 2.75) is 24.4 Å². The van der Waals surface area contributed by atoms with Crippen molar-refractivity contribution in [3.8, 4) is 0 Å². The Morgan fingerprint density at radius 1 is 1.33 bits per heavy atom. The molecule has 1 saturated heterocycles. The summed E-state index contributed by atoms with van der Waals surface area (Å²) in [4.78, 5) is 0. The smallest absolute Gasteiger partial charge is 0.125 e. The average molecular weight is 177 g/mol. The van der Waals surface area contributed by atoms with Crippen LogP contribution in [0, 0.1) is 0 Å². The second-order valence-corrected chi connectivity index (χ2v) is 2.57. The molecule has 0 saturated carbocycles. The van der Waals surface area contributed by atoms with Gasteiger partial charge in [-0.05, 0) is 0 Å². The monoisotopic (exact) mass is 177 g/mol. The van der Waals surface area contributed by atoms with Crippen LogP contribution in [0.1, 0.15) is 0 Å². The van der Waals surface area contributed by atoms with E-state index in [0.29, 0.717) is 0 Å². The largest absolute Gasteiger partial charge is 0.411 e. The Hall–Kier alpha value is -0.690. The van der Waals surface area contributed by atoms with Crippen LogP contribution in [0.3, 0.4) is 0 Å². The summed E-state index contributed by atoms with van der Waals surface area (Å²) in [6.07, 6.45) is -3.01. The summed E-state index contributed by atoms with van der Waals surface area (Å²) in [5, 5.41) is 37.8. The number of hydrogen-bond donors (Lipinski definition) is 4. The van der Waals surface area contributed by atoms with Crippen LogP contribution in [0.5, 0.6) is 0 Å². The number of aliphatic hydroxyl groups is 3. The third-order valence-corrected chi connectivity index (χ3v) is 1.79. The van der Waals surface area contributed by atoms with Crippen LogP contribution in [0.15, 0.2) is 5.16 Å². The molecule has 0 radical (unpaired) electrons. The fourth-order valence-electron chi connectivity index (χ4n) is 1.12. The van der Waals surface area contributed by atoms with Gasteiger partial charge in [0.15, 0.2) is 0 Å². The van der Waals surface area contributed by atoms with Gasteiger partial charge in [0.1, 0.15) is 24.4 Å². The number of oxime groups is 1. The molecule has 4 N–H and O–H groups in total. The van der Waals surface area contributed by atoms with Gasteiger partial charge < -0.3 is 25.3 Å². The van der Waals surface area contributed by atoms with Crippen LogP contribution < -0.4 is 0 Å². The second kappa shape index (κ2) is 3.81. The van der Waals surface area contributed by atoms with E-state index in [1.54, 1.807) is 0 Å². The number of rotatable bonds is 2. The highest BCUT2D eigenvalue weighted by molar-refractivity contribution is 5.64. The van der Waals surface area contributed by atoms with E-state index >= 15 is 0 Å². The minimum absolute atomic E-state index is 0.381. The second-order valence-electron chi connectivity index (χ2n) is 2.57. The molecule has 1 aliphatic rings. The maximum absolute atomic E-state index is 9.20. The fraction of sp³-hybridized carbons (Fsp3) is 0.833. The van der Waals surface area contributed by atoms with Crippen LogP contribution >= 0.6 is 0 Å². The molecule has 0 amide bonds. The normalized spacial score (nSPS) is 42.6. The molecule has 1 rings (SSSR count). The molecule has 0 aromatic heterocycles. The van der Waals surface area contributed by atoms with Gasteiger partial charge in [-0.3, -0.25) is 0 Å². The zero-order chi connectivity index (χ0) is 9.14. The molecule has 0 spiro atoms. The Morgan fingerprint density at radius 2 is 2.00 bits per heavy atom. The molecule has 6 heteroatoms. The van der Waals surface area contributed by atoms with Gasteiger partial charge in [-0.1, -0.05) is 5.16 Å². The van der Waals surface area contributed by atoms with Gasteiger partial charge in [0.25, 0.3) is 0 Å². The van der Waals surface area contributed by atoms with E-state index in [9.17, 15) is 10.2 Å². The highest BCUT2D eigenvalue weighted by Gasteiger charge is 2.41. The van der Waals surface area contributed by atoms with Gasteiger partial charge in [0, 0.05) is 0 Å². The van der Waals surface area contributed by atoms with Crippen LogP contribution in [0.2, 0.25) is 0 Å². The predicted molar refractivity (Wildman–Crippen MR) is 38.0 cm³/mol. The molecule has 1 heterocycles. The van der Waals surface area contributed by atoms with Gasteiger partial charge in [-0.25, -0.2) is 0 Å². The molecule has 1 aliphatic heterocycles. The first-order valence-corrected chi connectivity index (χ1v) is 3.50. The van der Waals surface area contributed by atoms with Crippen molar-refractivity contribution >= 4 is 6.21 Å². The van der Waals surface area contributed by atoms with Crippen molar-refractivity contribution in [2.75, 3.05) is 6.61 Å². The van der Waals surface area contributed by atoms with Gasteiger partial charge in [-0.15, -0.1) is 0 Å². The third-order valence-electron chi connectivity index (χ3n) is 1.79. The standard InChI is InChI=1S/C6H11NO5/c8-2-4-6(10)5(9)3(12-4)1-7-11/h1,3-6,8-11H,2H2/b7-1+/t3-,4+,5+,6+/m0/s1. The Kier molecular flexibility index (Phi) is 2.99. The van der Waals surface area contributed by atoms with E-state index in [-0.39, 0.29) is 6.61 Å². The fourth-order valence-corrected chi connectivity index (χ4v) is 1.12. The first-order valence-electron chi connectivity index (χ1n) is 3.50. The number of ether oxygens (including phenoxy) is 1. The highest BCUT2D eigenvalue weighted by atomic mass is 16.6. The average Bonchev–Trinajstić information content (AvgIpc) is 2.33. The quantitative estimate of drug-likeness (QED) is 0.220. The van der Waals surface area contributed by atoms with Crippen LogP contribution in [0.25, 0.3) is 0 Å². The maximum Gasteiger partial charge on any atom is 0.125 e. The van der Waals surface area contributed by atoms with Crippen molar-refractivity contribution in [3.63, 3.8) is 0 Å². The Morgan fingerprint density at radius 3 is 2.42 bits per heavy atom. The van der Waals surface area contributed by atoms with Crippen molar-refractivity contribution in [3.05, 3.63) is 0 Å². The molecule has 70 valence electrons. The first-order chi connectivity index (χ1) is 5.70. The molecule has 0 bridgehead atoms. The number of hydrogen-bond acceptors (Lipinski definition) is 6. The summed E-state index contributed by atoms with van der Waals surface area (Å²) in [6.45, 7) is -0.381. The highest BCUT2D eigenvalue weighted by Crippen LogP contribution is 2.19. The van der Waals surface area contributed by atoms with E-state index in [0.717, 1.165) is 6.21 Å². The lowest BCUT2D eigenvalue weighted by atomic mass is 10.1. The molecule has 6 nitrogen and oxygen atoms in total. The maximum atomic E-state index is 9.20. The lowest BCUT2D eigenvalue weighted by Gasteiger charge is -2.10. The molecular weight excluding hydrogens is 166 g/mol. The summed E-state index contributed by atoms with van der Waals surface area (Å²) in [5.74, 6) is 0. The third kappa shape index (κ3) is 1.56. The van der Waals surface area contributed by atoms with E-state index < -0.39 is 24.4 Å². The molecule has 12 heavy (non-hydrogen) atoms. The summed E-state index contributed by atoms with van der Waals surface area (Å²) < 4.78 is 4.92. The lowest BCUT2D eigenvalue weighted by Crippen LogP contribution is -2.34. The van der Waals surface area contributed by atoms with Crippen molar-refractivity contribution in [1.29, 1.82) is 0 Å². The minimum atomic E-state index is -1.15. The Labute approximate surface area is 68.7 Å². The molecule has 0 aliphatic carbocycles. The zero-order valence-electron chi connectivity index (χ0n) is 6.24. The summed E-state index contributed by atoms with van der Waals surface area (Å²) >= 11 is 0. The zero-order valence-corrected chi connectivity index (χ0v) is 6.24. The minimum Gasteiger partial charge on any atom is -0.411 e. The van der Waals surface area contributed by atoms with Gasteiger partial charge in [0.2, 0.25) is 0 Å². The first kappa shape index (κ1) is 9.40. The van der Waals surface area contributed by atoms with Crippen molar-refractivity contribution in [2.24, 2.45) is 5.16 Å². The van der Waals surface area contributed by atoms with E-state index in [1.165, 1.54) is 0 Å². The number of aliphatic hydroxyl groups excluding tert-OH is 3. The topological polar surface area (TPSA) is 103 Å². The molecular formula is C6H11NO5. The summed E-state index contributed by atoms with van der Waals surface area (Å²) in [7, 11) is 0. The molecule has 1 fully saturated rings. The van der Waals surface area contributed by atoms with Crippen LogP contribution in [-0.4, -0.2) is 57.8 Å². The molecule has 0 aromatic carbocycles. The van der Waals surface area contributed by atoms with Crippen molar-refractivity contribution in [1.82, 2.24) is 0 Å². The molecule has 4 atom stereocenters. The summed E-state index contributed by atoms with van der Waals surface area (Å²) in [5.41, 5.74) is 0. The Balaban J connectivity index is 2.60. The SMILES string of the molecule is OC[C@H]1O[C@@H](/C=N/O)[C@@H](O)[C@@H]1O.